The van der Waals surface area contributed by atoms with Crippen molar-refractivity contribution in [1.29, 1.82) is 0 Å². The van der Waals surface area contributed by atoms with E-state index in [4.69, 9.17) is 9.47 Å². The van der Waals surface area contributed by atoms with Gasteiger partial charge < -0.3 is 9.47 Å². The first-order chi connectivity index (χ1) is 5.70. The number of hydrogen-bond donors (Lipinski definition) is 0. The highest BCUT2D eigenvalue weighted by molar-refractivity contribution is 9.13. The molecule has 0 saturated carbocycles. The molecular weight excluding hydrogens is 290 g/mol. The zero-order chi connectivity index (χ0) is 9.14. The van der Waals surface area contributed by atoms with Crippen molar-refractivity contribution >= 4 is 31.9 Å². The van der Waals surface area contributed by atoms with Crippen LogP contribution in [0.1, 0.15) is 0 Å². The van der Waals surface area contributed by atoms with Gasteiger partial charge in [0.25, 0.3) is 5.88 Å². The van der Waals surface area contributed by atoms with E-state index < -0.39 is 0 Å². The van der Waals surface area contributed by atoms with Gasteiger partial charge in [-0.1, -0.05) is 0 Å². The predicted octanol–water partition coefficient (Wildman–Crippen LogP) is 2.42. The molecule has 12 heavy (non-hydrogen) atoms. The van der Waals surface area contributed by atoms with Gasteiger partial charge in [0.15, 0.2) is 5.75 Å². The largest absolute Gasteiger partial charge is 0.490 e. The maximum absolute atomic E-state index is 5.06. The maximum Gasteiger partial charge on any atom is 0.258 e. The fourth-order valence-corrected chi connectivity index (χ4v) is 1.40. The number of hydrogen-bond acceptors (Lipinski definition) is 3. The molecule has 5 heteroatoms. The predicted molar refractivity (Wildman–Crippen MR) is 51.6 cm³/mol. The second-order valence-electron chi connectivity index (χ2n) is 1.89. The number of rotatable bonds is 2. The Kier molecular flexibility index (Phi) is 3.34. The lowest BCUT2D eigenvalue weighted by Crippen LogP contribution is -1.94. The highest BCUT2D eigenvalue weighted by Crippen LogP contribution is 2.37. The first kappa shape index (κ1) is 9.80. The zero-order valence-corrected chi connectivity index (χ0v) is 9.69. The third kappa shape index (κ3) is 1.72. The first-order valence-electron chi connectivity index (χ1n) is 3.05. The van der Waals surface area contributed by atoms with E-state index in [-0.39, 0.29) is 0 Å². The van der Waals surface area contributed by atoms with E-state index >= 15 is 0 Å². The van der Waals surface area contributed by atoms with E-state index in [0.29, 0.717) is 16.1 Å². The van der Waals surface area contributed by atoms with Crippen LogP contribution in [0.25, 0.3) is 0 Å². The quantitative estimate of drug-likeness (QED) is 0.840. The number of pyridine rings is 1. The van der Waals surface area contributed by atoms with Crippen molar-refractivity contribution in [2.45, 2.75) is 0 Å². The van der Waals surface area contributed by atoms with Crippen molar-refractivity contribution in [2.24, 2.45) is 0 Å². The minimum absolute atomic E-state index is 0.410. The van der Waals surface area contributed by atoms with Crippen LogP contribution in [-0.2, 0) is 0 Å². The lowest BCUT2D eigenvalue weighted by atomic mass is 10.4. The van der Waals surface area contributed by atoms with Gasteiger partial charge in [0.1, 0.15) is 6.20 Å². The van der Waals surface area contributed by atoms with E-state index in [1.807, 2.05) is 0 Å². The van der Waals surface area contributed by atoms with E-state index in [0.717, 1.165) is 4.47 Å². The number of aromatic nitrogens is 1. The molecule has 0 spiro atoms. The molecule has 0 aliphatic rings. The zero-order valence-electron chi connectivity index (χ0n) is 6.52. The van der Waals surface area contributed by atoms with Crippen molar-refractivity contribution in [1.82, 2.24) is 4.98 Å². The van der Waals surface area contributed by atoms with Crippen molar-refractivity contribution in [2.75, 3.05) is 14.2 Å². The van der Waals surface area contributed by atoms with Crippen molar-refractivity contribution in [3.63, 3.8) is 0 Å². The van der Waals surface area contributed by atoms with Crippen LogP contribution < -0.4 is 9.47 Å². The molecule has 0 fully saturated rings. The topological polar surface area (TPSA) is 31.4 Å². The summed E-state index contributed by atoms with van der Waals surface area (Å²) < 4.78 is 11.5. The lowest BCUT2D eigenvalue weighted by Gasteiger charge is -2.07. The second kappa shape index (κ2) is 4.09. The number of halogens is 2. The molecule has 0 aromatic carbocycles. The standard InChI is InChI=1S/C7H6Br2NO2/c1-11-6-5(9)4(8)3-10-7(6)12-2/h1-2H3. The number of nitrogens with zero attached hydrogens (tertiary/aromatic N) is 1. The molecule has 0 bridgehead atoms. The molecular formula is C7H6Br2NO2. The van der Waals surface area contributed by atoms with Crippen LogP contribution in [0, 0.1) is 6.20 Å². The van der Waals surface area contributed by atoms with Crippen molar-refractivity contribution < 1.29 is 9.47 Å². The Morgan fingerprint density at radius 2 is 1.92 bits per heavy atom. The average Bonchev–Trinajstić information content (AvgIpc) is 2.09. The second-order valence-corrected chi connectivity index (χ2v) is 3.48. The van der Waals surface area contributed by atoms with Gasteiger partial charge in [0.05, 0.1) is 23.2 Å². The molecule has 0 saturated heterocycles. The normalized spacial score (nSPS) is 9.67. The Morgan fingerprint density at radius 3 is 2.42 bits per heavy atom. The summed E-state index contributed by atoms with van der Waals surface area (Å²) in [7, 11) is 3.08. The van der Waals surface area contributed by atoms with Gasteiger partial charge in [-0.2, -0.15) is 0 Å². The van der Waals surface area contributed by atoms with Gasteiger partial charge in [-0.05, 0) is 31.9 Å². The molecule has 3 nitrogen and oxygen atoms in total. The summed E-state index contributed by atoms with van der Waals surface area (Å²) in [6, 6.07) is 0. The van der Waals surface area contributed by atoms with Crippen LogP contribution in [0.3, 0.4) is 0 Å². The summed E-state index contributed by atoms with van der Waals surface area (Å²) in [5.41, 5.74) is 0. The molecule has 0 N–H and O–H groups in total. The van der Waals surface area contributed by atoms with Crippen LogP contribution in [0.5, 0.6) is 11.6 Å². The van der Waals surface area contributed by atoms with Gasteiger partial charge in [0, 0.05) is 0 Å². The van der Waals surface area contributed by atoms with Gasteiger partial charge in [-0.15, -0.1) is 0 Å². The molecule has 0 amide bonds. The summed E-state index contributed by atoms with van der Waals surface area (Å²) >= 11 is 6.56. The molecule has 0 atom stereocenters. The highest BCUT2D eigenvalue weighted by Gasteiger charge is 2.12. The van der Waals surface area contributed by atoms with Gasteiger partial charge in [-0.25, -0.2) is 4.98 Å². The Bertz CT molecular complexity index is 291. The van der Waals surface area contributed by atoms with Crippen LogP contribution in [-0.4, -0.2) is 19.2 Å². The third-order valence-electron chi connectivity index (χ3n) is 1.24. The first-order valence-corrected chi connectivity index (χ1v) is 4.64. The molecule has 0 aliphatic carbocycles. The molecule has 1 radical (unpaired) electrons. The van der Waals surface area contributed by atoms with Crippen LogP contribution in [0.15, 0.2) is 8.95 Å². The Balaban J connectivity index is 3.25. The SMILES string of the molecule is COc1n[c]c(Br)c(Br)c1OC. The summed E-state index contributed by atoms with van der Waals surface area (Å²) in [6.45, 7) is 0. The fraction of sp³-hybridized carbons (Fsp3) is 0.286. The van der Waals surface area contributed by atoms with Crippen LogP contribution in [0.2, 0.25) is 0 Å². The molecule has 65 valence electrons. The molecule has 0 aliphatic heterocycles. The van der Waals surface area contributed by atoms with E-state index in [1.165, 1.54) is 7.11 Å². The molecule has 1 heterocycles. The number of methoxy groups -OCH3 is 2. The van der Waals surface area contributed by atoms with Gasteiger partial charge in [-0.3, -0.25) is 0 Å². The Morgan fingerprint density at radius 1 is 1.25 bits per heavy atom. The molecule has 1 rings (SSSR count). The Hall–Kier alpha value is -0.290. The van der Waals surface area contributed by atoms with Crippen molar-refractivity contribution in [3.05, 3.63) is 15.1 Å². The monoisotopic (exact) mass is 294 g/mol. The number of ether oxygens (including phenoxy) is 2. The summed E-state index contributed by atoms with van der Waals surface area (Å²) in [6.07, 6.45) is 2.71. The highest BCUT2D eigenvalue weighted by atomic mass is 79.9. The molecule has 1 aromatic heterocycles. The van der Waals surface area contributed by atoms with E-state index in [9.17, 15) is 0 Å². The van der Waals surface area contributed by atoms with E-state index in [1.54, 1.807) is 7.11 Å². The summed E-state index contributed by atoms with van der Waals surface area (Å²) in [4.78, 5) is 3.88. The fourth-order valence-electron chi connectivity index (χ4n) is 0.709. The van der Waals surface area contributed by atoms with Crippen LogP contribution in [0.4, 0.5) is 0 Å². The molecule has 1 aromatic rings. The minimum atomic E-state index is 0.410. The van der Waals surface area contributed by atoms with Crippen LogP contribution >= 0.6 is 31.9 Å². The molecule has 0 unspecified atom stereocenters. The minimum Gasteiger partial charge on any atom is -0.490 e. The van der Waals surface area contributed by atoms with Gasteiger partial charge >= 0.3 is 0 Å². The maximum atomic E-state index is 5.06. The summed E-state index contributed by atoms with van der Waals surface area (Å²) in [5, 5.41) is 0. The van der Waals surface area contributed by atoms with E-state index in [2.05, 4.69) is 43.0 Å². The smallest absolute Gasteiger partial charge is 0.258 e. The lowest BCUT2D eigenvalue weighted by molar-refractivity contribution is 0.340. The summed E-state index contributed by atoms with van der Waals surface area (Å²) in [5.74, 6) is 0.968. The third-order valence-corrected chi connectivity index (χ3v) is 3.10. The average molecular weight is 296 g/mol. The van der Waals surface area contributed by atoms with Crippen molar-refractivity contribution in [3.8, 4) is 11.6 Å². The Labute approximate surface area is 87.3 Å². The van der Waals surface area contributed by atoms with Gasteiger partial charge in [0.2, 0.25) is 0 Å².